The molecular weight excluding hydrogens is 214 g/mol. The predicted octanol–water partition coefficient (Wildman–Crippen LogP) is 0.266. The molecule has 0 bridgehead atoms. The summed E-state index contributed by atoms with van der Waals surface area (Å²) in [5, 5.41) is 9.78. The second-order valence-electron chi connectivity index (χ2n) is 4.53. The molecule has 0 aromatic carbocycles. The maximum Gasteiger partial charge on any atom is 0.148 e. The zero-order valence-corrected chi connectivity index (χ0v) is 10.3. The van der Waals surface area contributed by atoms with Gasteiger partial charge in [-0.15, -0.1) is 0 Å². The van der Waals surface area contributed by atoms with Gasteiger partial charge in [0.05, 0.1) is 11.9 Å². The summed E-state index contributed by atoms with van der Waals surface area (Å²) >= 11 is 0. The highest BCUT2D eigenvalue weighted by atomic mass is 32.2. The van der Waals surface area contributed by atoms with Crippen LogP contribution in [0.15, 0.2) is 0 Å². The number of sulfone groups is 1. The molecule has 1 aliphatic rings. The molecule has 0 saturated heterocycles. The summed E-state index contributed by atoms with van der Waals surface area (Å²) in [5.41, 5.74) is 0. The van der Waals surface area contributed by atoms with Gasteiger partial charge in [-0.2, -0.15) is 0 Å². The molecule has 2 unspecified atom stereocenters. The van der Waals surface area contributed by atoms with Gasteiger partial charge in [0.2, 0.25) is 0 Å². The quantitative estimate of drug-likeness (QED) is 0.760. The first kappa shape index (κ1) is 12.9. The van der Waals surface area contributed by atoms with Gasteiger partial charge in [0.25, 0.3) is 0 Å². The number of likely N-dealkylation sites (N-methyl/N-ethyl adjacent to an activating group) is 1. The number of aliphatic hydroxyl groups is 1. The third-order valence-corrected chi connectivity index (χ3v) is 4.00. The Balaban J connectivity index is 2.41. The Morgan fingerprint density at radius 3 is 2.47 bits per heavy atom. The highest BCUT2D eigenvalue weighted by Gasteiger charge is 2.26. The summed E-state index contributed by atoms with van der Waals surface area (Å²) in [5.74, 6) is 0.173. The van der Waals surface area contributed by atoms with Gasteiger partial charge in [-0.25, -0.2) is 8.42 Å². The molecule has 90 valence electrons. The van der Waals surface area contributed by atoms with Gasteiger partial charge in [0.1, 0.15) is 9.84 Å². The third kappa shape index (κ3) is 4.49. The van der Waals surface area contributed by atoms with E-state index < -0.39 is 9.84 Å². The maximum absolute atomic E-state index is 11.0. The number of aliphatic hydroxyl groups excluding tert-OH is 1. The zero-order valence-electron chi connectivity index (χ0n) is 9.52. The molecule has 0 spiro atoms. The molecule has 1 saturated carbocycles. The molecule has 1 N–H and O–H groups in total. The molecule has 0 aromatic rings. The fourth-order valence-corrected chi connectivity index (χ4v) is 2.70. The van der Waals surface area contributed by atoms with Crippen LogP contribution < -0.4 is 0 Å². The molecule has 0 aliphatic heterocycles. The van der Waals surface area contributed by atoms with Crippen molar-refractivity contribution in [1.29, 1.82) is 0 Å². The number of rotatable bonds is 4. The van der Waals surface area contributed by atoms with Crippen LogP contribution in [-0.4, -0.2) is 56.2 Å². The number of nitrogens with zero attached hydrogens (tertiary/aromatic N) is 1. The number of hydrogen-bond acceptors (Lipinski definition) is 4. The van der Waals surface area contributed by atoms with E-state index in [1.165, 1.54) is 6.26 Å². The van der Waals surface area contributed by atoms with Crippen molar-refractivity contribution in [2.75, 3.05) is 25.6 Å². The fourth-order valence-electron chi connectivity index (χ4n) is 2.08. The summed E-state index contributed by atoms with van der Waals surface area (Å²) in [6.07, 6.45) is 4.99. The summed E-state index contributed by atoms with van der Waals surface area (Å²) < 4.78 is 22.0. The molecule has 2 atom stereocenters. The first-order valence-corrected chi connectivity index (χ1v) is 7.52. The Bertz CT molecular complexity index is 289. The van der Waals surface area contributed by atoms with Crippen molar-refractivity contribution in [3.05, 3.63) is 0 Å². The van der Waals surface area contributed by atoms with Gasteiger partial charge in [-0.3, -0.25) is 4.90 Å². The lowest BCUT2D eigenvalue weighted by Gasteiger charge is -2.35. The Hall–Kier alpha value is -0.130. The third-order valence-electron chi connectivity index (χ3n) is 3.07. The van der Waals surface area contributed by atoms with E-state index >= 15 is 0 Å². The lowest BCUT2D eigenvalue weighted by molar-refractivity contribution is 0.0349. The van der Waals surface area contributed by atoms with E-state index in [9.17, 15) is 13.5 Å². The molecule has 15 heavy (non-hydrogen) atoms. The topological polar surface area (TPSA) is 57.6 Å². The van der Waals surface area contributed by atoms with Crippen molar-refractivity contribution in [2.24, 2.45) is 0 Å². The van der Waals surface area contributed by atoms with Crippen LogP contribution in [0.4, 0.5) is 0 Å². The van der Waals surface area contributed by atoms with E-state index in [0.717, 1.165) is 25.7 Å². The fraction of sp³-hybridized carbons (Fsp3) is 1.00. The molecule has 1 fully saturated rings. The van der Waals surface area contributed by atoms with Crippen LogP contribution in [0.5, 0.6) is 0 Å². The van der Waals surface area contributed by atoms with Gasteiger partial charge in [0.15, 0.2) is 0 Å². The highest BCUT2D eigenvalue weighted by Crippen LogP contribution is 2.22. The van der Waals surface area contributed by atoms with E-state index in [-0.39, 0.29) is 17.9 Å². The van der Waals surface area contributed by atoms with Crippen molar-refractivity contribution in [3.63, 3.8) is 0 Å². The minimum absolute atomic E-state index is 0.139. The van der Waals surface area contributed by atoms with Crippen LogP contribution in [0.25, 0.3) is 0 Å². The van der Waals surface area contributed by atoms with E-state index in [2.05, 4.69) is 0 Å². The van der Waals surface area contributed by atoms with Gasteiger partial charge in [-0.05, 0) is 19.9 Å². The normalized spacial score (nSPS) is 28.3. The molecule has 5 heteroatoms. The second-order valence-corrected chi connectivity index (χ2v) is 6.79. The van der Waals surface area contributed by atoms with Crippen LogP contribution in [0.2, 0.25) is 0 Å². The van der Waals surface area contributed by atoms with E-state index in [1.54, 1.807) is 0 Å². The van der Waals surface area contributed by atoms with Crippen LogP contribution in [-0.2, 0) is 9.84 Å². The van der Waals surface area contributed by atoms with Gasteiger partial charge >= 0.3 is 0 Å². The second kappa shape index (κ2) is 5.27. The smallest absolute Gasteiger partial charge is 0.148 e. The minimum Gasteiger partial charge on any atom is -0.391 e. The largest absolute Gasteiger partial charge is 0.391 e. The predicted molar refractivity (Wildman–Crippen MR) is 60.6 cm³/mol. The Kier molecular flexibility index (Phi) is 4.55. The molecule has 0 amide bonds. The van der Waals surface area contributed by atoms with Crippen LogP contribution in [0.1, 0.15) is 25.7 Å². The van der Waals surface area contributed by atoms with Crippen molar-refractivity contribution in [1.82, 2.24) is 4.90 Å². The molecule has 1 rings (SSSR count). The summed E-state index contributed by atoms with van der Waals surface area (Å²) in [6.45, 7) is 0.514. The lowest BCUT2D eigenvalue weighted by atomic mass is 9.92. The van der Waals surface area contributed by atoms with E-state index in [1.807, 2.05) is 11.9 Å². The monoisotopic (exact) mass is 235 g/mol. The molecule has 4 nitrogen and oxygen atoms in total. The Morgan fingerprint density at radius 1 is 1.33 bits per heavy atom. The lowest BCUT2D eigenvalue weighted by Crippen LogP contribution is -2.44. The van der Waals surface area contributed by atoms with E-state index in [0.29, 0.717) is 6.54 Å². The average molecular weight is 235 g/mol. The summed E-state index contributed by atoms with van der Waals surface area (Å²) in [6, 6.07) is 0.139. The van der Waals surface area contributed by atoms with Gasteiger partial charge in [-0.1, -0.05) is 12.8 Å². The minimum atomic E-state index is -2.90. The van der Waals surface area contributed by atoms with Crippen LogP contribution in [0, 0.1) is 0 Å². The first-order valence-electron chi connectivity index (χ1n) is 5.46. The first-order chi connectivity index (χ1) is 6.90. The maximum atomic E-state index is 11.0. The van der Waals surface area contributed by atoms with Crippen LogP contribution in [0.3, 0.4) is 0 Å². The molecule has 1 aliphatic carbocycles. The zero-order chi connectivity index (χ0) is 11.5. The average Bonchev–Trinajstić information content (AvgIpc) is 2.14. The van der Waals surface area contributed by atoms with Gasteiger partial charge < -0.3 is 5.11 Å². The highest BCUT2D eigenvalue weighted by molar-refractivity contribution is 7.90. The molecule has 0 heterocycles. The van der Waals surface area contributed by atoms with Crippen LogP contribution >= 0.6 is 0 Å². The standard InChI is InChI=1S/C10H21NO3S/c1-11(7-8-15(2,13)14)9-5-3-4-6-10(9)12/h9-10,12H,3-8H2,1-2H3. The van der Waals surface area contributed by atoms with Crippen molar-refractivity contribution in [2.45, 2.75) is 37.8 Å². The van der Waals surface area contributed by atoms with E-state index in [4.69, 9.17) is 0 Å². The molecular formula is C10H21NO3S. The molecule has 0 radical (unpaired) electrons. The molecule has 0 aromatic heterocycles. The SMILES string of the molecule is CN(CCS(C)(=O)=O)C1CCCCC1O. The summed E-state index contributed by atoms with van der Waals surface area (Å²) in [4.78, 5) is 1.98. The number of hydrogen-bond donors (Lipinski definition) is 1. The summed E-state index contributed by atoms with van der Waals surface area (Å²) in [7, 11) is -1.01. The van der Waals surface area contributed by atoms with Crippen molar-refractivity contribution < 1.29 is 13.5 Å². The Labute approximate surface area is 92.2 Å². The van der Waals surface area contributed by atoms with Gasteiger partial charge in [0, 0.05) is 18.8 Å². The van der Waals surface area contributed by atoms with Crippen molar-refractivity contribution in [3.8, 4) is 0 Å². The Morgan fingerprint density at radius 2 is 1.93 bits per heavy atom. The van der Waals surface area contributed by atoms with Crippen molar-refractivity contribution >= 4 is 9.84 Å².